The Bertz CT molecular complexity index is 440. The van der Waals surface area contributed by atoms with Gasteiger partial charge in [0.25, 0.3) is 0 Å². The Morgan fingerprint density at radius 3 is 2.95 bits per heavy atom. The second-order valence-corrected chi connectivity index (χ2v) is 8.03. The normalized spacial score (nSPS) is 21.8. The fourth-order valence-electron chi connectivity index (χ4n) is 2.77. The Balaban J connectivity index is 1.91. The van der Waals surface area contributed by atoms with Crippen LogP contribution in [0.1, 0.15) is 68.1 Å². The van der Waals surface area contributed by atoms with Gasteiger partial charge >= 0.3 is 0 Å². The number of fused-ring (bicyclic) bond motifs is 1. The maximum atomic E-state index is 10.5. The van der Waals surface area contributed by atoms with Gasteiger partial charge < -0.3 is 10.4 Å². The quantitative estimate of drug-likeness (QED) is 0.843. The van der Waals surface area contributed by atoms with Crippen molar-refractivity contribution < 1.29 is 5.11 Å². The average molecular weight is 296 g/mol. The van der Waals surface area contributed by atoms with E-state index in [0.29, 0.717) is 18.5 Å². The van der Waals surface area contributed by atoms with Gasteiger partial charge in [-0.15, -0.1) is 11.3 Å². The van der Waals surface area contributed by atoms with Gasteiger partial charge in [0, 0.05) is 17.5 Å². The van der Waals surface area contributed by atoms with Crippen molar-refractivity contribution in [2.75, 3.05) is 6.54 Å². The van der Waals surface area contributed by atoms with Crippen LogP contribution in [0.5, 0.6) is 0 Å². The molecule has 0 saturated carbocycles. The molecule has 0 fully saturated rings. The first kappa shape index (κ1) is 15.9. The van der Waals surface area contributed by atoms with Gasteiger partial charge in [0.05, 0.1) is 16.3 Å². The van der Waals surface area contributed by atoms with Crippen LogP contribution >= 0.6 is 11.3 Å². The first-order valence-corrected chi connectivity index (χ1v) is 8.61. The summed E-state index contributed by atoms with van der Waals surface area (Å²) in [4.78, 5) is 6.02. The van der Waals surface area contributed by atoms with E-state index >= 15 is 0 Å². The first-order chi connectivity index (χ1) is 9.37. The van der Waals surface area contributed by atoms with Crippen LogP contribution in [-0.2, 0) is 6.42 Å². The largest absolute Gasteiger partial charge is 0.389 e. The van der Waals surface area contributed by atoms with Crippen LogP contribution in [0.15, 0.2) is 0 Å². The number of thiazole rings is 1. The van der Waals surface area contributed by atoms with Crippen LogP contribution in [-0.4, -0.2) is 22.2 Å². The highest BCUT2D eigenvalue weighted by molar-refractivity contribution is 7.11. The predicted octanol–water partition coefficient (Wildman–Crippen LogP) is 3.61. The highest BCUT2D eigenvalue weighted by Crippen LogP contribution is 2.34. The highest BCUT2D eigenvalue weighted by Gasteiger charge is 2.27. The molecule has 1 aliphatic carbocycles. The van der Waals surface area contributed by atoms with E-state index in [9.17, 15) is 5.11 Å². The SMILES string of the molecule is Cc1nc2c(s1)C(NCC(C)(O)CCC(C)C)CCC2. The molecule has 20 heavy (non-hydrogen) atoms. The van der Waals surface area contributed by atoms with E-state index in [2.05, 4.69) is 31.1 Å². The highest BCUT2D eigenvalue weighted by atomic mass is 32.1. The molecular weight excluding hydrogens is 268 g/mol. The smallest absolute Gasteiger partial charge is 0.0900 e. The van der Waals surface area contributed by atoms with Gasteiger partial charge in [-0.3, -0.25) is 0 Å². The number of hydrogen-bond acceptors (Lipinski definition) is 4. The van der Waals surface area contributed by atoms with Gasteiger partial charge in [-0.2, -0.15) is 0 Å². The molecule has 2 atom stereocenters. The van der Waals surface area contributed by atoms with E-state index < -0.39 is 5.60 Å². The third-order valence-corrected chi connectivity index (χ3v) is 5.17. The van der Waals surface area contributed by atoms with Crippen LogP contribution in [0, 0.1) is 12.8 Å². The summed E-state index contributed by atoms with van der Waals surface area (Å²) in [5.41, 5.74) is 0.666. The molecule has 0 saturated heterocycles. The third-order valence-electron chi connectivity index (χ3n) is 4.05. The minimum absolute atomic E-state index is 0.385. The zero-order valence-electron chi connectivity index (χ0n) is 13.2. The zero-order chi connectivity index (χ0) is 14.8. The van der Waals surface area contributed by atoms with Crippen molar-refractivity contribution >= 4 is 11.3 Å². The molecule has 3 nitrogen and oxygen atoms in total. The second kappa shape index (κ2) is 6.54. The number of aliphatic hydroxyl groups is 1. The van der Waals surface area contributed by atoms with Crippen molar-refractivity contribution in [2.24, 2.45) is 5.92 Å². The van der Waals surface area contributed by atoms with Crippen molar-refractivity contribution in [1.82, 2.24) is 10.3 Å². The maximum Gasteiger partial charge on any atom is 0.0900 e. The molecule has 0 amide bonds. The van der Waals surface area contributed by atoms with Gasteiger partial charge in [-0.25, -0.2) is 4.98 Å². The molecule has 4 heteroatoms. The van der Waals surface area contributed by atoms with E-state index in [-0.39, 0.29) is 0 Å². The minimum Gasteiger partial charge on any atom is -0.389 e. The van der Waals surface area contributed by atoms with Crippen LogP contribution in [0.25, 0.3) is 0 Å². The fourth-order valence-corrected chi connectivity index (χ4v) is 3.85. The number of rotatable bonds is 6. The van der Waals surface area contributed by atoms with Gasteiger partial charge in [-0.1, -0.05) is 13.8 Å². The lowest BCUT2D eigenvalue weighted by molar-refractivity contribution is 0.0420. The third kappa shape index (κ3) is 4.27. The summed E-state index contributed by atoms with van der Waals surface area (Å²) in [5, 5.41) is 15.2. The molecule has 2 rings (SSSR count). The summed E-state index contributed by atoms with van der Waals surface area (Å²) in [5.74, 6) is 0.645. The van der Waals surface area contributed by atoms with Gasteiger partial charge in [-0.05, 0) is 51.9 Å². The Labute approximate surface area is 126 Å². The second-order valence-electron chi connectivity index (χ2n) is 6.80. The average Bonchev–Trinajstić information content (AvgIpc) is 2.75. The number of aromatic nitrogens is 1. The number of hydrogen-bond donors (Lipinski definition) is 2. The van der Waals surface area contributed by atoms with Crippen LogP contribution < -0.4 is 5.32 Å². The topological polar surface area (TPSA) is 45.2 Å². The summed E-state index contributed by atoms with van der Waals surface area (Å²) in [6.07, 6.45) is 5.40. The zero-order valence-corrected chi connectivity index (χ0v) is 14.0. The monoisotopic (exact) mass is 296 g/mol. The van der Waals surface area contributed by atoms with E-state index in [1.54, 1.807) is 0 Å². The van der Waals surface area contributed by atoms with Crippen molar-refractivity contribution in [3.63, 3.8) is 0 Å². The molecule has 0 radical (unpaired) electrons. The van der Waals surface area contributed by atoms with Gasteiger partial charge in [0.2, 0.25) is 0 Å². The predicted molar refractivity (Wildman–Crippen MR) is 85.2 cm³/mol. The fraction of sp³-hybridized carbons (Fsp3) is 0.812. The molecule has 1 aliphatic rings. The minimum atomic E-state index is -0.610. The molecule has 1 aromatic heterocycles. The van der Waals surface area contributed by atoms with E-state index in [4.69, 9.17) is 0 Å². The molecule has 1 aromatic rings. The number of nitrogens with one attached hydrogen (secondary N) is 1. The summed E-state index contributed by atoms with van der Waals surface area (Å²) < 4.78 is 0. The molecule has 2 N–H and O–H groups in total. The van der Waals surface area contributed by atoms with E-state index in [0.717, 1.165) is 30.7 Å². The maximum absolute atomic E-state index is 10.5. The van der Waals surface area contributed by atoms with Crippen molar-refractivity contribution in [1.29, 1.82) is 0 Å². The standard InChI is InChI=1S/C16H28N2OS/c1-11(2)8-9-16(4,19)10-17-13-6-5-7-14-15(13)20-12(3)18-14/h11,13,17,19H,5-10H2,1-4H3. The molecule has 0 aliphatic heterocycles. The van der Waals surface area contributed by atoms with Crippen molar-refractivity contribution in [3.05, 3.63) is 15.6 Å². The number of aryl methyl sites for hydroxylation is 2. The first-order valence-electron chi connectivity index (χ1n) is 7.79. The Hall–Kier alpha value is -0.450. The van der Waals surface area contributed by atoms with Crippen LogP contribution in [0.3, 0.4) is 0 Å². The lowest BCUT2D eigenvalue weighted by atomic mass is 9.93. The molecule has 1 heterocycles. The van der Waals surface area contributed by atoms with Crippen molar-refractivity contribution in [3.8, 4) is 0 Å². The molecule has 2 unspecified atom stereocenters. The summed E-state index contributed by atoms with van der Waals surface area (Å²) in [7, 11) is 0. The van der Waals surface area contributed by atoms with Gasteiger partial charge in [0.1, 0.15) is 0 Å². The Morgan fingerprint density at radius 1 is 1.50 bits per heavy atom. The van der Waals surface area contributed by atoms with Crippen LogP contribution in [0.2, 0.25) is 0 Å². The Kier molecular flexibility index (Phi) is 5.21. The van der Waals surface area contributed by atoms with Crippen LogP contribution in [0.4, 0.5) is 0 Å². The lowest BCUT2D eigenvalue weighted by Gasteiger charge is -2.29. The molecule has 114 valence electrons. The molecule has 0 spiro atoms. The Morgan fingerprint density at radius 2 is 2.25 bits per heavy atom. The molecule has 0 aromatic carbocycles. The van der Waals surface area contributed by atoms with E-state index in [1.165, 1.54) is 17.0 Å². The number of nitrogens with zero attached hydrogens (tertiary/aromatic N) is 1. The van der Waals surface area contributed by atoms with Gasteiger partial charge in [0.15, 0.2) is 0 Å². The molecule has 0 bridgehead atoms. The summed E-state index contributed by atoms with van der Waals surface area (Å²) in [6.45, 7) is 9.11. The van der Waals surface area contributed by atoms with E-state index in [1.807, 2.05) is 18.3 Å². The molecular formula is C16H28N2OS. The summed E-state index contributed by atoms with van der Waals surface area (Å²) >= 11 is 1.81. The van der Waals surface area contributed by atoms with Crippen molar-refractivity contribution in [2.45, 2.75) is 71.4 Å². The summed E-state index contributed by atoms with van der Waals surface area (Å²) in [6, 6.07) is 0.385. The lowest BCUT2D eigenvalue weighted by Crippen LogP contribution is -2.40.